The Balaban J connectivity index is 1.58. The molecule has 2 aromatic rings. The summed E-state index contributed by atoms with van der Waals surface area (Å²) in [5.41, 5.74) is 3.53. The Morgan fingerprint density at radius 1 is 1.29 bits per heavy atom. The second-order valence-electron chi connectivity index (χ2n) is 7.73. The van der Waals surface area contributed by atoms with Crippen molar-refractivity contribution in [3.05, 3.63) is 40.9 Å². The summed E-state index contributed by atoms with van der Waals surface area (Å²) >= 11 is 1.55. The van der Waals surface area contributed by atoms with Crippen LogP contribution < -0.4 is 4.74 Å². The molecule has 0 radical (unpaired) electrons. The molecule has 2 bridgehead atoms. The van der Waals surface area contributed by atoms with Crippen molar-refractivity contribution in [3.8, 4) is 10.9 Å². The van der Waals surface area contributed by atoms with Crippen molar-refractivity contribution in [1.82, 2.24) is 9.88 Å². The summed E-state index contributed by atoms with van der Waals surface area (Å²) < 4.78 is 6.02. The maximum Gasteiger partial charge on any atom is 0.278 e. The van der Waals surface area contributed by atoms with E-state index < -0.39 is 0 Å². The summed E-state index contributed by atoms with van der Waals surface area (Å²) in [6.07, 6.45) is 9.84. The molecule has 3 atom stereocenters. The quantitative estimate of drug-likeness (QED) is 0.797. The molecule has 1 aromatic carbocycles. The number of ether oxygens (including phenoxy) is 1. The number of hydrogen-bond donors (Lipinski definition) is 0. The van der Waals surface area contributed by atoms with Gasteiger partial charge in [-0.25, -0.2) is 4.98 Å². The van der Waals surface area contributed by atoms with E-state index in [1.165, 1.54) is 45.1 Å². The lowest BCUT2D eigenvalue weighted by Crippen LogP contribution is -2.59. The van der Waals surface area contributed by atoms with Gasteiger partial charge in [0.2, 0.25) is 0 Å². The van der Waals surface area contributed by atoms with Crippen LogP contribution in [0.2, 0.25) is 0 Å². The number of likely N-dealkylation sites (N-methyl/N-ethyl adjacent to an activating group) is 1. The lowest BCUT2D eigenvalue weighted by molar-refractivity contribution is 0.00276. The van der Waals surface area contributed by atoms with Gasteiger partial charge in [-0.05, 0) is 68.5 Å². The van der Waals surface area contributed by atoms with Crippen LogP contribution in [0.4, 0.5) is 0 Å². The first-order valence-electron chi connectivity index (χ1n) is 9.17. The topological polar surface area (TPSA) is 25.4 Å². The second-order valence-corrected chi connectivity index (χ2v) is 8.59. The zero-order valence-corrected chi connectivity index (χ0v) is 15.0. The van der Waals surface area contributed by atoms with Crippen molar-refractivity contribution in [2.24, 2.45) is 5.92 Å². The predicted molar refractivity (Wildman–Crippen MR) is 97.0 cm³/mol. The van der Waals surface area contributed by atoms with Gasteiger partial charge in [-0.1, -0.05) is 30.2 Å². The van der Waals surface area contributed by atoms with E-state index in [2.05, 4.69) is 35.1 Å². The fraction of sp³-hybridized carbons (Fsp3) is 0.550. The summed E-state index contributed by atoms with van der Waals surface area (Å²) in [6.45, 7) is 1.23. The number of piperidine rings is 1. The number of benzene rings is 1. The molecule has 0 unspecified atom stereocenters. The maximum absolute atomic E-state index is 6.02. The molecule has 0 N–H and O–H groups in total. The van der Waals surface area contributed by atoms with E-state index in [1.54, 1.807) is 28.7 Å². The van der Waals surface area contributed by atoms with Crippen LogP contribution in [0, 0.1) is 5.92 Å². The smallest absolute Gasteiger partial charge is 0.278 e. The van der Waals surface area contributed by atoms with Crippen LogP contribution >= 0.6 is 11.3 Å². The average Bonchev–Trinajstić information content (AvgIpc) is 3.11. The Kier molecular flexibility index (Phi) is 3.46. The first-order valence-corrected chi connectivity index (χ1v) is 10.1. The fourth-order valence-electron chi connectivity index (χ4n) is 5.60. The van der Waals surface area contributed by atoms with Gasteiger partial charge in [0.25, 0.3) is 5.19 Å². The molecule has 0 amide bonds. The van der Waals surface area contributed by atoms with Crippen LogP contribution in [0.15, 0.2) is 29.8 Å². The number of aromatic nitrogens is 1. The first-order chi connectivity index (χ1) is 11.8. The Hall–Kier alpha value is -1.39. The van der Waals surface area contributed by atoms with E-state index in [1.807, 2.05) is 5.38 Å². The molecule has 4 heteroatoms. The lowest BCUT2D eigenvalue weighted by Gasteiger charge is -2.58. The third kappa shape index (κ3) is 2.16. The normalized spacial score (nSPS) is 32.0. The van der Waals surface area contributed by atoms with Gasteiger partial charge in [-0.2, -0.15) is 0 Å². The fourth-order valence-corrected chi connectivity index (χ4v) is 6.11. The van der Waals surface area contributed by atoms with Gasteiger partial charge in [0.1, 0.15) is 5.75 Å². The van der Waals surface area contributed by atoms with Crippen LogP contribution in [0.3, 0.4) is 0 Å². The Labute approximate surface area is 147 Å². The molecule has 1 saturated heterocycles. The second kappa shape index (κ2) is 5.57. The molecule has 2 aliphatic carbocycles. The average molecular weight is 340 g/mol. The van der Waals surface area contributed by atoms with Crippen LogP contribution in [0.5, 0.6) is 10.9 Å². The van der Waals surface area contributed by atoms with Gasteiger partial charge >= 0.3 is 0 Å². The highest BCUT2D eigenvalue weighted by Crippen LogP contribution is 2.56. The maximum atomic E-state index is 6.02. The molecule has 24 heavy (non-hydrogen) atoms. The summed E-state index contributed by atoms with van der Waals surface area (Å²) in [7, 11) is 2.33. The molecule has 2 fully saturated rings. The lowest BCUT2D eigenvalue weighted by atomic mass is 9.52. The summed E-state index contributed by atoms with van der Waals surface area (Å²) in [6, 6.07) is 7.53. The largest absolute Gasteiger partial charge is 0.431 e. The minimum Gasteiger partial charge on any atom is -0.431 e. The summed E-state index contributed by atoms with van der Waals surface area (Å²) in [5.74, 6) is 1.78. The molecule has 126 valence electrons. The number of fused-ring (bicyclic) bond motifs is 1. The molecule has 1 aromatic heterocycles. The molecule has 2 heterocycles. The van der Waals surface area contributed by atoms with E-state index in [4.69, 9.17) is 4.74 Å². The van der Waals surface area contributed by atoms with Crippen molar-refractivity contribution in [3.63, 3.8) is 0 Å². The Morgan fingerprint density at radius 2 is 2.25 bits per heavy atom. The zero-order valence-electron chi connectivity index (χ0n) is 14.2. The number of likely N-dealkylation sites (tertiary alicyclic amines) is 1. The third-order valence-electron chi connectivity index (χ3n) is 6.70. The van der Waals surface area contributed by atoms with Crippen LogP contribution in [-0.4, -0.2) is 29.5 Å². The SMILES string of the molecule is CN1CC[C@@]23CCCC[C@@H]2[C@@H]1Cc1ccc(Oc2nccs2)cc13. The molecule has 1 aliphatic heterocycles. The number of nitrogens with zero attached hydrogens (tertiary/aromatic N) is 2. The Morgan fingerprint density at radius 3 is 3.12 bits per heavy atom. The van der Waals surface area contributed by atoms with E-state index in [0.29, 0.717) is 5.41 Å². The van der Waals surface area contributed by atoms with Gasteiger partial charge < -0.3 is 9.64 Å². The molecule has 3 aliphatic rings. The van der Waals surface area contributed by atoms with Gasteiger partial charge in [0.05, 0.1) is 0 Å². The molecule has 0 spiro atoms. The van der Waals surface area contributed by atoms with Gasteiger partial charge in [-0.3, -0.25) is 0 Å². The summed E-state index contributed by atoms with van der Waals surface area (Å²) in [5, 5.41) is 2.70. The van der Waals surface area contributed by atoms with Crippen molar-refractivity contribution in [1.29, 1.82) is 0 Å². The molecular weight excluding hydrogens is 316 g/mol. The van der Waals surface area contributed by atoms with Crippen molar-refractivity contribution < 1.29 is 4.74 Å². The molecule has 5 rings (SSSR count). The monoisotopic (exact) mass is 340 g/mol. The van der Waals surface area contributed by atoms with Crippen LogP contribution in [0.25, 0.3) is 0 Å². The van der Waals surface area contributed by atoms with Crippen molar-refractivity contribution in [2.45, 2.75) is 50.0 Å². The first kappa shape index (κ1) is 14.9. The number of hydrogen-bond acceptors (Lipinski definition) is 4. The molecule has 1 saturated carbocycles. The molecule has 3 nitrogen and oxygen atoms in total. The van der Waals surface area contributed by atoms with Gasteiger partial charge in [-0.15, -0.1) is 0 Å². The number of thiazole rings is 1. The van der Waals surface area contributed by atoms with E-state index in [-0.39, 0.29) is 0 Å². The zero-order chi connectivity index (χ0) is 16.1. The van der Waals surface area contributed by atoms with Crippen molar-refractivity contribution in [2.75, 3.05) is 13.6 Å². The standard InChI is InChI=1S/C20H24N2OS/c1-22-10-8-20-7-3-2-4-16(20)18(22)12-14-5-6-15(13-17(14)20)23-19-21-9-11-24-19/h5-6,9,11,13,16,18H,2-4,7-8,10,12H2,1H3/t16-,18+,20+/m1/s1. The highest BCUT2D eigenvalue weighted by molar-refractivity contribution is 7.11. The van der Waals surface area contributed by atoms with Gasteiger partial charge in [0.15, 0.2) is 0 Å². The van der Waals surface area contributed by atoms with Crippen LogP contribution in [0.1, 0.15) is 43.2 Å². The predicted octanol–water partition coefficient (Wildman–Crippen LogP) is 4.62. The minimum atomic E-state index is 0.394. The summed E-state index contributed by atoms with van der Waals surface area (Å²) in [4.78, 5) is 6.89. The minimum absolute atomic E-state index is 0.394. The van der Waals surface area contributed by atoms with Gasteiger partial charge in [0, 0.05) is 23.0 Å². The van der Waals surface area contributed by atoms with E-state index >= 15 is 0 Å². The number of rotatable bonds is 2. The highest BCUT2D eigenvalue weighted by atomic mass is 32.1. The Bertz CT molecular complexity index is 744. The molecular formula is C20H24N2OS. The van der Waals surface area contributed by atoms with Crippen LogP contribution in [-0.2, 0) is 11.8 Å². The van der Waals surface area contributed by atoms with Crippen molar-refractivity contribution >= 4 is 11.3 Å². The third-order valence-corrected chi connectivity index (χ3v) is 7.35. The highest BCUT2D eigenvalue weighted by Gasteiger charge is 2.53. The van der Waals surface area contributed by atoms with E-state index in [9.17, 15) is 0 Å². The van der Waals surface area contributed by atoms with E-state index in [0.717, 1.165) is 22.9 Å².